The first-order valence-corrected chi connectivity index (χ1v) is 8.44. The van der Waals surface area contributed by atoms with E-state index in [0.717, 1.165) is 12.1 Å². The highest BCUT2D eigenvalue weighted by molar-refractivity contribution is 7.17. The SMILES string of the molecule is CCCNC(CCC(C)(C)C)c1cnc2ccsc2c1. The Labute approximate surface area is 126 Å². The van der Waals surface area contributed by atoms with Crippen molar-refractivity contribution in [3.8, 4) is 0 Å². The van der Waals surface area contributed by atoms with Crippen LogP contribution in [0.1, 0.15) is 58.6 Å². The average molecular weight is 290 g/mol. The Bertz CT molecular complexity index is 539. The zero-order valence-corrected chi connectivity index (χ0v) is 13.9. The zero-order valence-electron chi connectivity index (χ0n) is 13.1. The molecule has 0 saturated carbocycles. The molecule has 2 rings (SSSR count). The first kappa shape index (κ1) is 15.5. The fourth-order valence-corrected chi connectivity index (χ4v) is 3.12. The van der Waals surface area contributed by atoms with Crippen LogP contribution in [-0.2, 0) is 0 Å². The maximum Gasteiger partial charge on any atom is 0.0809 e. The van der Waals surface area contributed by atoms with Crippen LogP contribution in [0.5, 0.6) is 0 Å². The number of thiophene rings is 1. The van der Waals surface area contributed by atoms with E-state index in [1.165, 1.54) is 29.5 Å². The van der Waals surface area contributed by atoms with Crippen molar-refractivity contribution in [3.05, 3.63) is 29.3 Å². The summed E-state index contributed by atoms with van der Waals surface area (Å²) in [6.07, 6.45) is 5.60. The van der Waals surface area contributed by atoms with Gasteiger partial charge < -0.3 is 5.32 Å². The molecule has 0 spiro atoms. The molecule has 20 heavy (non-hydrogen) atoms. The summed E-state index contributed by atoms with van der Waals surface area (Å²) in [5, 5.41) is 5.80. The summed E-state index contributed by atoms with van der Waals surface area (Å²) in [6.45, 7) is 10.2. The minimum Gasteiger partial charge on any atom is -0.310 e. The molecule has 0 aliphatic carbocycles. The quantitative estimate of drug-likeness (QED) is 0.794. The maximum absolute atomic E-state index is 4.58. The molecule has 2 heterocycles. The number of pyridine rings is 1. The van der Waals surface area contributed by atoms with Crippen LogP contribution in [0.25, 0.3) is 10.2 Å². The molecule has 0 bridgehead atoms. The van der Waals surface area contributed by atoms with Crippen LogP contribution in [0.3, 0.4) is 0 Å². The number of fused-ring (bicyclic) bond motifs is 1. The molecule has 1 N–H and O–H groups in total. The topological polar surface area (TPSA) is 24.9 Å². The predicted octanol–water partition coefficient (Wildman–Crippen LogP) is 5.16. The van der Waals surface area contributed by atoms with Crippen molar-refractivity contribution in [2.24, 2.45) is 5.41 Å². The van der Waals surface area contributed by atoms with Gasteiger partial charge in [-0.3, -0.25) is 4.98 Å². The van der Waals surface area contributed by atoms with Crippen LogP contribution < -0.4 is 5.32 Å². The summed E-state index contributed by atoms with van der Waals surface area (Å²) in [5.41, 5.74) is 2.83. The Hall–Kier alpha value is -0.930. The second-order valence-corrected chi connectivity index (χ2v) is 7.63. The lowest BCUT2D eigenvalue weighted by Gasteiger charge is -2.24. The van der Waals surface area contributed by atoms with Crippen molar-refractivity contribution in [1.82, 2.24) is 10.3 Å². The molecule has 110 valence electrons. The van der Waals surface area contributed by atoms with Gasteiger partial charge >= 0.3 is 0 Å². The third-order valence-electron chi connectivity index (χ3n) is 3.55. The Morgan fingerprint density at radius 3 is 2.85 bits per heavy atom. The molecule has 2 aromatic rings. The lowest BCUT2D eigenvalue weighted by molar-refractivity contribution is 0.332. The van der Waals surface area contributed by atoms with Gasteiger partial charge in [-0.05, 0) is 54.3 Å². The number of nitrogens with zero attached hydrogens (tertiary/aromatic N) is 1. The highest BCUT2D eigenvalue weighted by Crippen LogP contribution is 2.29. The van der Waals surface area contributed by atoms with Crippen molar-refractivity contribution in [3.63, 3.8) is 0 Å². The van der Waals surface area contributed by atoms with Gasteiger partial charge in [-0.2, -0.15) is 0 Å². The van der Waals surface area contributed by atoms with E-state index in [1.54, 1.807) is 11.3 Å². The average Bonchev–Trinajstić information content (AvgIpc) is 2.85. The first-order chi connectivity index (χ1) is 9.49. The molecule has 0 amide bonds. The van der Waals surface area contributed by atoms with Crippen LogP contribution in [0.15, 0.2) is 23.7 Å². The standard InChI is InChI=1S/C17H26N2S/c1-5-9-18-14(6-8-17(2,3)4)13-11-16-15(19-12-13)7-10-20-16/h7,10-12,14,18H,5-6,8-9H2,1-4H3. The van der Waals surface area contributed by atoms with Crippen molar-refractivity contribution in [1.29, 1.82) is 0 Å². The summed E-state index contributed by atoms with van der Waals surface area (Å²) in [4.78, 5) is 4.58. The van der Waals surface area contributed by atoms with E-state index in [1.807, 2.05) is 6.20 Å². The first-order valence-electron chi connectivity index (χ1n) is 7.56. The summed E-state index contributed by atoms with van der Waals surface area (Å²) in [5.74, 6) is 0. The summed E-state index contributed by atoms with van der Waals surface area (Å²) in [7, 11) is 0. The Morgan fingerprint density at radius 2 is 2.15 bits per heavy atom. The van der Waals surface area contributed by atoms with Crippen LogP contribution in [0.2, 0.25) is 0 Å². The lowest BCUT2D eigenvalue weighted by Crippen LogP contribution is -2.23. The fraction of sp³-hybridized carbons (Fsp3) is 0.588. The minimum absolute atomic E-state index is 0.382. The molecule has 3 heteroatoms. The van der Waals surface area contributed by atoms with E-state index in [2.05, 4.69) is 55.5 Å². The zero-order chi connectivity index (χ0) is 14.6. The summed E-state index contributed by atoms with van der Waals surface area (Å²) < 4.78 is 1.29. The van der Waals surface area contributed by atoms with Crippen LogP contribution >= 0.6 is 11.3 Å². The van der Waals surface area contributed by atoms with E-state index < -0.39 is 0 Å². The van der Waals surface area contributed by atoms with Gasteiger partial charge in [0.1, 0.15) is 0 Å². The van der Waals surface area contributed by atoms with Gasteiger partial charge in [0.25, 0.3) is 0 Å². The number of aromatic nitrogens is 1. The summed E-state index contributed by atoms with van der Waals surface area (Å²) in [6, 6.07) is 4.82. The van der Waals surface area contributed by atoms with E-state index >= 15 is 0 Å². The molecule has 2 aromatic heterocycles. The van der Waals surface area contributed by atoms with Crippen molar-refractivity contribution in [2.45, 2.75) is 53.0 Å². The Kier molecular flexibility index (Phi) is 5.17. The maximum atomic E-state index is 4.58. The van der Waals surface area contributed by atoms with Crippen molar-refractivity contribution in [2.75, 3.05) is 6.54 Å². The fourth-order valence-electron chi connectivity index (χ4n) is 2.33. The number of hydrogen-bond donors (Lipinski definition) is 1. The lowest BCUT2D eigenvalue weighted by atomic mass is 9.87. The monoisotopic (exact) mass is 290 g/mol. The van der Waals surface area contributed by atoms with Gasteiger partial charge in [0.05, 0.1) is 10.2 Å². The van der Waals surface area contributed by atoms with Crippen molar-refractivity contribution >= 4 is 21.6 Å². The molecule has 0 aliphatic rings. The predicted molar refractivity (Wildman–Crippen MR) is 89.3 cm³/mol. The highest BCUT2D eigenvalue weighted by atomic mass is 32.1. The molecule has 0 fully saturated rings. The highest BCUT2D eigenvalue weighted by Gasteiger charge is 2.17. The molecular formula is C17H26N2S. The van der Waals surface area contributed by atoms with Gasteiger partial charge in [0.2, 0.25) is 0 Å². The normalized spacial score (nSPS) is 13.8. The van der Waals surface area contributed by atoms with Crippen LogP contribution in [0, 0.1) is 5.41 Å². The minimum atomic E-state index is 0.382. The molecular weight excluding hydrogens is 264 g/mol. The van der Waals surface area contributed by atoms with E-state index in [4.69, 9.17) is 0 Å². The molecule has 0 aliphatic heterocycles. The summed E-state index contributed by atoms with van der Waals surface area (Å²) >= 11 is 1.78. The van der Waals surface area contributed by atoms with Gasteiger partial charge in [-0.15, -0.1) is 11.3 Å². The van der Waals surface area contributed by atoms with Gasteiger partial charge in [-0.25, -0.2) is 0 Å². The molecule has 2 nitrogen and oxygen atoms in total. The van der Waals surface area contributed by atoms with Gasteiger partial charge in [-0.1, -0.05) is 27.7 Å². The largest absolute Gasteiger partial charge is 0.310 e. The molecule has 0 aromatic carbocycles. The Morgan fingerprint density at radius 1 is 1.35 bits per heavy atom. The number of rotatable bonds is 6. The molecule has 0 saturated heterocycles. The molecule has 1 atom stereocenters. The van der Waals surface area contributed by atoms with E-state index in [0.29, 0.717) is 11.5 Å². The molecule has 0 radical (unpaired) electrons. The van der Waals surface area contributed by atoms with Crippen LogP contribution in [-0.4, -0.2) is 11.5 Å². The molecule has 1 unspecified atom stereocenters. The third kappa shape index (κ3) is 4.29. The smallest absolute Gasteiger partial charge is 0.0809 e. The number of hydrogen-bond acceptors (Lipinski definition) is 3. The Balaban J connectivity index is 2.15. The van der Waals surface area contributed by atoms with E-state index in [-0.39, 0.29) is 0 Å². The van der Waals surface area contributed by atoms with E-state index in [9.17, 15) is 0 Å². The van der Waals surface area contributed by atoms with Gasteiger partial charge in [0.15, 0.2) is 0 Å². The second kappa shape index (κ2) is 6.68. The third-order valence-corrected chi connectivity index (χ3v) is 4.40. The van der Waals surface area contributed by atoms with Crippen molar-refractivity contribution < 1.29 is 0 Å². The van der Waals surface area contributed by atoms with Crippen LogP contribution in [0.4, 0.5) is 0 Å². The second-order valence-electron chi connectivity index (χ2n) is 6.68. The number of nitrogens with one attached hydrogen (secondary N) is 1. The van der Waals surface area contributed by atoms with Gasteiger partial charge in [0, 0.05) is 12.2 Å².